The van der Waals surface area contributed by atoms with Crippen LogP contribution in [0.3, 0.4) is 0 Å². The first kappa shape index (κ1) is 27.5. The van der Waals surface area contributed by atoms with E-state index >= 15 is 0 Å². The Bertz CT molecular complexity index is 1110. The molecule has 36 heavy (non-hydrogen) atoms. The summed E-state index contributed by atoms with van der Waals surface area (Å²) in [6.45, 7) is 10.0. The van der Waals surface area contributed by atoms with Crippen LogP contribution in [0.5, 0.6) is 0 Å². The van der Waals surface area contributed by atoms with Crippen LogP contribution in [0, 0.1) is 11.6 Å². The number of carbonyl (C=O) groups is 2. The monoisotopic (exact) mass is 506 g/mol. The van der Waals surface area contributed by atoms with Crippen molar-refractivity contribution >= 4 is 17.8 Å². The number of carbonyl (C=O) groups excluding carboxylic acids is 2. The van der Waals surface area contributed by atoms with E-state index in [0.29, 0.717) is 30.5 Å². The molecule has 3 heterocycles. The lowest BCUT2D eigenvalue weighted by atomic mass is 10.0. The smallest absolute Gasteiger partial charge is 0.321 e. The minimum Gasteiger partial charge on any atom is -0.385 e. The molecule has 198 valence electrons. The normalized spacial score (nSPS) is 19.1. The van der Waals surface area contributed by atoms with Gasteiger partial charge in [0.1, 0.15) is 11.6 Å². The number of nitrogens with one attached hydrogen (secondary N) is 2. The predicted octanol–water partition coefficient (Wildman–Crippen LogP) is 3.79. The van der Waals surface area contributed by atoms with E-state index in [1.165, 1.54) is 0 Å². The molecule has 0 aliphatic carbocycles. The summed E-state index contributed by atoms with van der Waals surface area (Å²) in [6, 6.07) is 2.74. The number of piperazine rings is 1. The van der Waals surface area contributed by atoms with Crippen LogP contribution in [0.2, 0.25) is 0 Å². The van der Waals surface area contributed by atoms with Crippen molar-refractivity contribution in [2.45, 2.75) is 52.7 Å². The number of benzene rings is 1. The zero-order valence-corrected chi connectivity index (χ0v) is 20.5. The summed E-state index contributed by atoms with van der Waals surface area (Å²) in [7, 11) is 1.69. The molecule has 11 heteroatoms. The number of methoxy groups -OCH3 is 1. The van der Waals surface area contributed by atoms with Gasteiger partial charge in [0, 0.05) is 57.6 Å². The van der Waals surface area contributed by atoms with Crippen molar-refractivity contribution in [3.8, 4) is 0 Å². The Hall–Kier alpha value is -3.05. The molecule has 2 aliphatic rings. The van der Waals surface area contributed by atoms with Gasteiger partial charge in [0.25, 0.3) is 5.91 Å². The Morgan fingerprint density at radius 3 is 2.69 bits per heavy atom. The van der Waals surface area contributed by atoms with Gasteiger partial charge in [0.15, 0.2) is 5.82 Å². The van der Waals surface area contributed by atoms with E-state index in [0.717, 1.165) is 38.2 Å². The maximum Gasteiger partial charge on any atom is 0.321 e. The van der Waals surface area contributed by atoms with Crippen molar-refractivity contribution in [1.82, 2.24) is 24.9 Å². The number of ether oxygens (including phenoxy) is 1. The molecule has 1 aromatic carbocycles. The van der Waals surface area contributed by atoms with Crippen molar-refractivity contribution in [3.63, 3.8) is 0 Å². The van der Waals surface area contributed by atoms with E-state index in [2.05, 4.69) is 20.4 Å². The summed E-state index contributed by atoms with van der Waals surface area (Å²) in [5, 5.41) is 9.73. The molecule has 0 unspecified atom stereocenters. The second-order valence-corrected chi connectivity index (χ2v) is 9.62. The fourth-order valence-corrected chi connectivity index (χ4v) is 4.88. The SMILES string of the molecule is C.COCCCN1CCN(C(=O)N2Cc3c(NC(=O)c4ccc(F)cc4F)n[nH]c3C2(C)C)[C@@H](C)C1. The Labute approximate surface area is 210 Å². The first-order chi connectivity index (χ1) is 16.6. The number of nitrogens with zero attached hydrogens (tertiary/aromatic N) is 4. The summed E-state index contributed by atoms with van der Waals surface area (Å²) in [4.78, 5) is 32.2. The number of urea groups is 1. The molecule has 1 fully saturated rings. The van der Waals surface area contributed by atoms with Gasteiger partial charge >= 0.3 is 6.03 Å². The lowest BCUT2D eigenvalue weighted by Gasteiger charge is -2.43. The molecule has 2 aromatic rings. The van der Waals surface area contributed by atoms with Crippen LogP contribution >= 0.6 is 0 Å². The fraction of sp³-hybridized carbons (Fsp3) is 0.560. The van der Waals surface area contributed by atoms with Crippen LogP contribution in [0.15, 0.2) is 18.2 Å². The minimum atomic E-state index is -0.956. The zero-order valence-electron chi connectivity index (χ0n) is 20.5. The molecule has 0 spiro atoms. The molecule has 0 radical (unpaired) electrons. The van der Waals surface area contributed by atoms with Crippen LogP contribution in [0.1, 0.15) is 56.2 Å². The Kier molecular flexibility index (Phi) is 8.35. The van der Waals surface area contributed by atoms with E-state index < -0.39 is 23.1 Å². The summed E-state index contributed by atoms with van der Waals surface area (Å²) >= 11 is 0. The average Bonchev–Trinajstić information content (AvgIpc) is 3.31. The van der Waals surface area contributed by atoms with Gasteiger partial charge < -0.3 is 19.9 Å². The zero-order chi connectivity index (χ0) is 25.3. The van der Waals surface area contributed by atoms with Gasteiger partial charge in [-0.15, -0.1) is 0 Å². The van der Waals surface area contributed by atoms with E-state index in [-0.39, 0.29) is 37.4 Å². The number of amides is 3. The van der Waals surface area contributed by atoms with E-state index in [9.17, 15) is 18.4 Å². The third-order valence-electron chi connectivity index (χ3n) is 6.89. The molecule has 0 bridgehead atoms. The lowest BCUT2D eigenvalue weighted by Crippen LogP contribution is -2.58. The summed E-state index contributed by atoms with van der Waals surface area (Å²) < 4.78 is 32.4. The molecule has 1 aromatic heterocycles. The highest BCUT2D eigenvalue weighted by Crippen LogP contribution is 2.41. The van der Waals surface area contributed by atoms with E-state index in [1.54, 1.807) is 12.0 Å². The van der Waals surface area contributed by atoms with Crippen LogP contribution in [0.4, 0.5) is 19.4 Å². The predicted molar refractivity (Wildman–Crippen MR) is 133 cm³/mol. The largest absolute Gasteiger partial charge is 0.385 e. The second-order valence-electron chi connectivity index (χ2n) is 9.62. The summed E-state index contributed by atoms with van der Waals surface area (Å²) in [5.74, 6) is -2.23. The number of hydrogen-bond donors (Lipinski definition) is 2. The number of anilines is 1. The molecule has 9 nitrogen and oxygen atoms in total. The number of aromatic nitrogens is 2. The molecule has 1 saturated heterocycles. The molecular formula is C25H36F2N6O3. The highest BCUT2D eigenvalue weighted by molar-refractivity contribution is 6.04. The highest BCUT2D eigenvalue weighted by atomic mass is 19.1. The third-order valence-corrected chi connectivity index (χ3v) is 6.89. The number of halogens is 2. The van der Waals surface area contributed by atoms with Crippen LogP contribution in [-0.4, -0.2) is 82.8 Å². The molecule has 1 atom stereocenters. The Morgan fingerprint density at radius 2 is 2.03 bits per heavy atom. The third kappa shape index (κ3) is 5.22. The Morgan fingerprint density at radius 1 is 1.28 bits per heavy atom. The molecule has 2 aliphatic heterocycles. The molecule has 0 saturated carbocycles. The molecular weight excluding hydrogens is 470 g/mol. The highest BCUT2D eigenvalue weighted by Gasteiger charge is 2.46. The first-order valence-electron chi connectivity index (χ1n) is 11.8. The average molecular weight is 507 g/mol. The molecule has 4 rings (SSSR count). The number of aromatic amines is 1. The maximum atomic E-state index is 14.1. The fourth-order valence-electron chi connectivity index (χ4n) is 4.88. The number of H-pyrrole nitrogens is 1. The van der Waals surface area contributed by atoms with Crippen LogP contribution < -0.4 is 5.32 Å². The summed E-state index contributed by atoms with van der Waals surface area (Å²) in [5.41, 5.74) is 0.418. The van der Waals surface area contributed by atoms with Crippen molar-refractivity contribution in [1.29, 1.82) is 0 Å². The van der Waals surface area contributed by atoms with Crippen molar-refractivity contribution in [2.75, 3.05) is 45.2 Å². The van der Waals surface area contributed by atoms with Gasteiger partial charge in [-0.05, 0) is 39.3 Å². The van der Waals surface area contributed by atoms with Crippen LogP contribution in [-0.2, 0) is 16.8 Å². The van der Waals surface area contributed by atoms with Gasteiger partial charge in [-0.25, -0.2) is 13.6 Å². The second kappa shape index (κ2) is 10.9. The van der Waals surface area contributed by atoms with E-state index in [1.807, 2.05) is 25.7 Å². The van der Waals surface area contributed by atoms with Gasteiger partial charge in [0.05, 0.1) is 23.3 Å². The van der Waals surface area contributed by atoms with Crippen molar-refractivity contribution in [2.24, 2.45) is 0 Å². The lowest BCUT2D eigenvalue weighted by molar-refractivity contribution is 0.0560. The number of rotatable bonds is 6. The van der Waals surface area contributed by atoms with Crippen molar-refractivity contribution < 1.29 is 23.1 Å². The molecule has 2 N–H and O–H groups in total. The topological polar surface area (TPSA) is 93.8 Å². The molecule has 3 amide bonds. The van der Waals surface area contributed by atoms with Gasteiger partial charge in [0.2, 0.25) is 0 Å². The maximum absolute atomic E-state index is 14.1. The Balaban J connectivity index is 0.00000361. The standard InChI is InChI=1S/C24H32F2N6O3.CH4/c1-15-13-30(8-5-11-35-4)9-10-31(15)23(34)32-14-18-20(24(32,2)3)28-29-21(18)27-22(33)17-7-6-16(25)12-19(17)26;/h6-7,12,15H,5,8-11,13-14H2,1-4H3,(H2,27,28,29,33);1H4/t15-;/m0./s1. The quantitative estimate of drug-likeness (QED) is 0.582. The minimum absolute atomic E-state index is 0. The van der Waals surface area contributed by atoms with E-state index in [4.69, 9.17) is 4.74 Å². The number of fused-ring (bicyclic) bond motifs is 1. The first-order valence-corrected chi connectivity index (χ1v) is 11.8. The summed E-state index contributed by atoms with van der Waals surface area (Å²) in [6.07, 6.45) is 0.953. The number of hydrogen-bond acceptors (Lipinski definition) is 5. The van der Waals surface area contributed by atoms with Gasteiger partial charge in [-0.2, -0.15) is 5.10 Å². The van der Waals surface area contributed by atoms with Crippen molar-refractivity contribution in [3.05, 3.63) is 46.7 Å². The van der Waals surface area contributed by atoms with Gasteiger partial charge in [-0.1, -0.05) is 7.43 Å². The van der Waals surface area contributed by atoms with Crippen LogP contribution in [0.25, 0.3) is 0 Å². The van der Waals surface area contributed by atoms with Gasteiger partial charge in [-0.3, -0.25) is 14.8 Å².